The van der Waals surface area contributed by atoms with Gasteiger partial charge in [-0.25, -0.2) is 0 Å². The zero-order valence-electron chi connectivity index (χ0n) is 21.2. The molecule has 4 atom stereocenters. The van der Waals surface area contributed by atoms with E-state index >= 15 is 0 Å². The first-order valence-corrected chi connectivity index (χ1v) is 14.5. The summed E-state index contributed by atoms with van der Waals surface area (Å²) in [4.78, 5) is 41.5. The maximum Gasteiger partial charge on any atom is 0.238 e. The van der Waals surface area contributed by atoms with E-state index in [1.807, 2.05) is 49.9 Å². The number of nitrogens with one attached hydrogen (secondary N) is 3. The highest BCUT2D eigenvalue weighted by atomic mass is 32.2. The summed E-state index contributed by atoms with van der Waals surface area (Å²) < 4.78 is 0. The fraction of sp³-hybridized carbons (Fsp3) is 0.600. The molecule has 2 aliphatic heterocycles. The molecule has 3 rings (SSSR count). The Kier molecular flexibility index (Phi) is 10.8. The van der Waals surface area contributed by atoms with Gasteiger partial charge in [0.25, 0.3) is 0 Å². The van der Waals surface area contributed by atoms with Gasteiger partial charge >= 0.3 is 0 Å². The second-order valence-corrected chi connectivity index (χ2v) is 11.6. The lowest BCUT2D eigenvalue weighted by Gasteiger charge is -2.23. The summed E-state index contributed by atoms with van der Waals surface area (Å²) >= 11 is 3.39. The van der Waals surface area contributed by atoms with Crippen molar-refractivity contribution in [3.63, 3.8) is 0 Å². The highest BCUT2D eigenvalue weighted by Crippen LogP contribution is 2.37. The summed E-state index contributed by atoms with van der Waals surface area (Å²) in [5.74, 6) is 0.0293. The number of nitriles is 1. The van der Waals surface area contributed by atoms with E-state index < -0.39 is 5.92 Å². The van der Waals surface area contributed by atoms with Gasteiger partial charge in [-0.3, -0.25) is 19.3 Å². The number of hydrogen-bond donors (Lipinski definition) is 3. The fourth-order valence-corrected chi connectivity index (χ4v) is 7.03. The molecule has 2 aliphatic rings. The molecule has 0 bridgehead atoms. The fourth-order valence-electron chi connectivity index (χ4n) is 4.37. The van der Waals surface area contributed by atoms with E-state index in [1.54, 1.807) is 4.90 Å². The number of anilines is 2. The van der Waals surface area contributed by atoms with Crippen LogP contribution in [0, 0.1) is 17.2 Å². The first-order chi connectivity index (χ1) is 17.4. The van der Waals surface area contributed by atoms with E-state index in [2.05, 4.69) is 33.8 Å². The lowest BCUT2D eigenvalue weighted by Crippen LogP contribution is -2.38. The molecule has 1 aromatic carbocycles. The first kappa shape index (κ1) is 28.2. The summed E-state index contributed by atoms with van der Waals surface area (Å²) in [5, 5.41) is 18.4. The molecule has 0 radical (unpaired) electrons. The number of hydrogen-bond acceptors (Lipinski definition) is 8. The Morgan fingerprint density at radius 1 is 1.28 bits per heavy atom. The quantitative estimate of drug-likeness (QED) is 0.376. The maximum absolute atomic E-state index is 12.9. The number of nitrogens with zero attached hydrogens (tertiary/aromatic N) is 3. The standard InChI is InChI=1S/C25H36N6O3S2/c1-4-27-24(33)18(15-26)13-23-31(5-2)25(34)21(36-23)9-10-28-19-7-6-8-20(14-19)29-22(32)16-30-11-12-35-17(30)3/h6-8,14,17-18,21,23,28H,4-5,9-13,16H2,1-3H3,(H,27,33)(H,29,32). The van der Waals surface area contributed by atoms with Crippen LogP contribution in [-0.4, -0.2) is 82.0 Å². The van der Waals surface area contributed by atoms with Crippen molar-refractivity contribution >= 4 is 52.6 Å². The van der Waals surface area contributed by atoms with Crippen LogP contribution in [0.4, 0.5) is 11.4 Å². The predicted molar refractivity (Wildman–Crippen MR) is 147 cm³/mol. The zero-order valence-corrected chi connectivity index (χ0v) is 22.8. The third-order valence-electron chi connectivity index (χ3n) is 6.31. The van der Waals surface area contributed by atoms with Crippen molar-refractivity contribution in [1.82, 2.24) is 15.1 Å². The van der Waals surface area contributed by atoms with E-state index in [0.717, 1.165) is 23.7 Å². The van der Waals surface area contributed by atoms with Crippen LogP contribution >= 0.6 is 23.5 Å². The Hall–Kier alpha value is -2.42. The van der Waals surface area contributed by atoms with Crippen LogP contribution in [0.3, 0.4) is 0 Å². The van der Waals surface area contributed by atoms with Crippen molar-refractivity contribution < 1.29 is 14.4 Å². The molecule has 3 N–H and O–H groups in total. The SMILES string of the molecule is CCNC(=O)C(C#N)CC1SC(CCNc2cccc(NC(=O)CN3CCSC3C)c2)C(=O)N1CC. The average Bonchev–Trinajstić information content (AvgIpc) is 3.39. The highest BCUT2D eigenvalue weighted by molar-refractivity contribution is 8.01. The number of thioether (sulfide) groups is 2. The molecule has 0 aliphatic carbocycles. The number of benzene rings is 1. The molecule has 1 aromatic rings. The molecule has 0 spiro atoms. The van der Waals surface area contributed by atoms with Gasteiger partial charge in [-0.2, -0.15) is 5.26 Å². The first-order valence-electron chi connectivity index (χ1n) is 12.5. The van der Waals surface area contributed by atoms with Gasteiger partial charge in [0.05, 0.1) is 28.6 Å². The summed E-state index contributed by atoms with van der Waals surface area (Å²) in [6, 6.07) is 9.67. The summed E-state index contributed by atoms with van der Waals surface area (Å²) in [5.41, 5.74) is 1.61. The molecule has 9 nitrogen and oxygen atoms in total. The minimum absolute atomic E-state index is 0.0246. The molecule has 0 aromatic heterocycles. The molecule has 2 fully saturated rings. The minimum Gasteiger partial charge on any atom is -0.385 e. The Morgan fingerprint density at radius 2 is 2.06 bits per heavy atom. The van der Waals surface area contributed by atoms with Crippen molar-refractivity contribution in [2.45, 2.75) is 49.6 Å². The normalized spacial score (nSPS) is 22.8. The van der Waals surface area contributed by atoms with Crippen LogP contribution in [0.5, 0.6) is 0 Å². The smallest absolute Gasteiger partial charge is 0.238 e. The van der Waals surface area contributed by atoms with Crippen LogP contribution in [0.15, 0.2) is 24.3 Å². The average molecular weight is 533 g/mol. The van der Waals surface area contributed by atoms with Crippen molar-refractivity contribution in [3.05, 3.63) is 24.3 Å². The Labute approximate surface area is 222 Å². The van der Waals surface area contributed by atoms with E-state index in [4.69, 9.17) is 0 Å². The van der Waals surface area contributed by atoms with Crippen molar-refractivity contribution in [1.29, 1.82) is 5.26 Å². The van der Waals surface area contributed by atoms with Crippen molar-refractivity contribution in [3.8, 4) is 6.07 Å². The molecule has 4 unspecified atom stereocenters. The number of rotatable bonds is 12. The third kappa shape index (κ3) is 7.54. The Balaban J connectivity index is 1.49. The molecule has 2 saturated heterocycles. The molecular formula is C25H36N6O3S2. The predicted octanol–water partition coefficient (Wildman–Crippen LogP) is 2.78. The Bertz CT molecular complexity index is 971. The molecule has 3 amide bonds. The van der Waals surface area contributed by atoms with Gasteiger partial charge in [-0.05, 0) is 45.4 Å². The van der Waals surface area contributed by atoms with Crippen molar-refractivity contribution in [2.75, 3.05) is 49.1 Å². The van der Waals surface area contributed by atoms with Crippen LogP contribution in [0.25, 0.3) is 0 Å². The van der Waals surface area contributed by atoms with Gasteiger partial charge in [0, 0.05) is 49.7 Å². The van der Waals surface area contributed by atoms with Gasteiger partial charge in [0.1, 0.15) is 5.92 Å². The largest absolute Gasteiger partial charge is 0.385 e. The molecule has 0 saturated carbocycles. The van der Waals surface area contributed by atoms with Crippen LogP contribution < -0.4 is 16.0 Å². The van der Waals surface area contributed by atoms with E-state index in [9.17, 15) is 19.6 Å². The van der Waals surface area contributed by atoms with Crippen LogP contribution in [-0.2, 0) is 14.4 Å². The van der Waals surface area contributed by atoms with E-state index in [1.165, 1.54) is 11.8 Å². The van der Waals surface area contributed by atoms with E-state index in [-0.39, 0.29) is 28.3 Å². The van der Waals surface area contributed by atoms with Gasteiger partial charge in [-0.15, -0.1) is 23.5 Å². The zero-order chi connectivity index (χ0) is 26.1. The second kappa shape index (κ2) is 13.8. The Morgan fingerprint density at radius 3 is 2.72 bits per heavy atom. The molecule has 11 heteroatoms. The van der Waals surface area contributed by atoms with E-state index in [0.29, 0.717) is 44.4 Å². The van der Waals surface area contributed by atoms with Gasteiger partial charge in [0.2, 0.25) is 17.7 Å². The summed E-state index contributed by atoms with van der Waals surface area (Å²) in [6.45, 7) is 8.78. The highest BCUT2D eigenvalue weighted by Gasteiger charge is 2.40. The maximum atomic E-state index is 12.9. The molecule has 36 heavy (non-hydrogen) atoms. The lowest BCUT2D eigenvalue weighted by atomic mass is 10.1. The summed E-state index contributed by atoms with van der Waals surface area (Å²) in [7, 11) is 0. The molecule has 196 valence electrons. The number of amides is 3. The number of carbonyl (C=O) groups is 3. The van der Waals surface area contributed by atoms with Crippen LogP contribution in [0.2, 0.25) is 0 Å². The van der Waals surface area contributed by atoms with Gasteiger partial charge < -0.3 is 20.9 Å². The second-order valence-electron chi connectivity index (χ2n) is 8.80. The minimum atomic E-state index is -0.772. The molecular weight excluding hydrogens is 496 g/mol. The lowest BCUT2D eigenvalue weighted by molar-refractivity contribution is -0.131. The van der Waals surface area contributed by atoms with Crippen molar-refractivity contribution in [2.24, 2.45) is 5.92 Å². The molecule has 2 heterocycles. The van der Waals surface area contributed by atoms with Gasteiger partial charge in [0.15, 0.2) is 0 Å². The van der Waals surface area contributed by atoms with Gasteiger partial charge in [-0.1, -0.05) is 6.07 Å². The number of carbonyl (C=O) groups excluding carboxylic acids is 3. The summed E-state index contributed by atoms with van der Waals surface area (Å²) in [6.07, 6.45) is 0.948. The third-order valence-corrected chi connectivity index (χ3v) is 9.04. The van der Waals surface area contributed by atoms with Crippen LogP contribution in [0.1, 0.15) is 33.6 Å². The topological polar surface area (TPSA) is 118 Å². The monoisotopic (exact) mass is 532 g/mol.